The molecular weight excluding hydrogens is 725 g/mol. The maximum atomic E-state index is 15.2. The van der Waals surface area contributed by atoms with E-state index in [2.05, 4.69) is 90.3 Å². The molecule has 2 aromatic carbocycles. The van der Waals surface area contributed by atoms with Crippen LogP contribution in [0.4, 0.5) is 11.4 Å². The molecule has 0 unspecified atom stereocenters. The van der Waals surface area contributed by atoms with E-state index in [1.807, 2.05) is 84.9 Å². The van der Waals surface area contributed by atoms with Gasteiger partial charge in [0.1, 0.15) is 11.3 Å². The van der Waals surface area contributed by atoms with Crippen LogP contribution in [0.1, 0.15) is 15.9 Å². The summed E-state index contributed by atoms with van der Waals surface area (Å²) in [5, 5.41) is 10.8. The number of rotatable bonds is 8. The first-order valence-corrected chi connectivity index (χ1v) is 19.9. The van der Waals surface area contributed by atoms with E-state index in [1.54, 1.807) is 0 Å². The summed E-state index contributed by atoms with van der Waals surface area (Å²) in [5.74, 6) is 0.0244. The van der Waals surface area contributed by atoms with Gasteiger partial charge >= 0.3 is 0 Å². The molecule has 10 rings (SSSR count). The third kappa shape index (κ3) is 6.32. The summed E-state index contributed by atoms with van der Waals surface area (Å²) < 4.78 is 3.75. The number of hydrogen-bond acceptors (Lipinski definition) is 9. The summed E-state index contributed by atoms with van der Waals surface area (Å²) >= 11 is 0. The second kappa shape index (κ2) is 14.4. The molecule has 2 fully saturated rings. The smallest absolute Gasteiger partial charge is 0.197 e. The van der Waals surface area contributed by atoms with Crippen molar-refractivity contribution in [3.05, 3.63) is 109 Å². The van der Waals surface area contributed by atoms with Crippen LogP contribution in [0.5, 0.6) is 0 Å². The number of anilines is 2. The van der Waals surface area contributed by atoms with Gasteiger partial charge in [-0.25, -0.2) is 9.97 Å². The Morgan fingerprint density at radius 3 is 1.36 bits per heavy atom. The highest BCUT2D eigenvalue weighted by Crippen LogP contribution is 2.38. The predicted molar refractivity (Wildman–Crippen MR) is 230 cm³/mol. The molecule has 0 bridgehead atoms. The van der Waals surface area contributed by atoms with Gasteiger partial charge in [0.15, 0.2) is 5.78 Å². The number of carbonyl (C=O) groups is 1. The summed E-state index contributed by atoms with van der Waals surface area (Å²) in [6.07, 6.45) is 11.4. The van der Waals surface area contributed by atoms with Crippen LogP contribution in [0.2, 0.25) is 0 Å². The molecule has 13 nitrogen and oxygen atoms in total. The molecule has 8 heterocycles. The molecule has 0 radical (unpaired) electrons. The topological polar surface area (TPSA) is 123 Å². The number of aromatic nitrogens is 8. The molecule has 292 valence electrons. The Labute approximate surface area is 336 Å². The lowest BCUT2D eigenvalue weighted by Gasteiger charge is -2.36. The molecule has 2 aliphatic rings. The number of piperazine rings is 2. The number of nitrogens with zero attached hydrogens (tertiary/aromatic N) is 10. The average Bonchev–Trinajstić information content (AvgIpc) is 4.07. The number of fused-ring (bicyclic) bond motifs is 2. The quantitative estimate of drug-likeness (QED) is 0.171. The number of hydrogen-bond donors (Lipinski definition) is 2. The Bertz CT molecular complexity index is 2620. The zero-order valence-corrected chi connectivity index (χ0v) is 33.3. The van der Waals surface area contributed by atoms with Crippen molar-refractivity contribution in [2.24, 2.45) is 14.1 Å². The maximum Gasteiger partial charge on any atom is 0.197 e. The van der Waals surface area contributed by atoms with Gasteiger partial charge in [-0.1, -0.05) is 12.1 Å². The predicted octanol–water partition coefficient (Wildman–Crippen LogP) is 6.31. The van der Waals surface area contributed by atoms with E-state index in [4.69, 9.17) is 9.97 Å². The monoisotopic (exact) mass is 770 g/mol. The van der Waals surface area contributed by atoms with E-state index in [9.17, 15) is 0 Å². The fourth-order valence-electron chi connectivity index (χ4n) is 8.59. The number of aryl methyl sites for hydroxylation is 2. The number of carbonyl (C=O) groups excluding carboxylic acids is 1. The summed E-state index contributed by atoms with van der Waals surface area (Å²) in [7, 11) is 8.21. The summed E-state index contributed by atoms with van der Waals surface area (Å²) in [4.78, 5) is 40.9. The van der Waals surface area contributed by atoms with Crippen molar-refractivity contribution < 1.29 is 4.79 Å². The zero-order valence-electron chi connectivity index (χ0n) is 33.3. The number of pyridine rings is 2. The minimum absolute atomic E-state index is 0.0244. The van der Waals surface area contributed by atoms with Crippen molar-refractivity contribution >= 4 is 39.2 Å². The third-order valence-corrected chi connectivity index (χ3v) is 12.1. The fraction of sp³-hybridized carbons (Fsp3) is 0.267. The summed E-state index contributed by atoms with van der Waals surface area (Å²) in [6, 6.07) is 21.0. The van der Waals surface area contributed by atoms with E-state index in [0.29, 0.717) is 11.1 Å². The highest BCUT2D eigenvalue weighted by atomic mass is 16.1. The van der Waals surface area contributed by atoms with E-state index in [-0.39, 0.29) is 5.78 Å². The van der Waals surface area contributed by atoms with Crippen LogP contribution in [0.25, 0.3) is 66.8 Å². The van der Waals surface area contributed by atoms with Crippen LogP contribution in [0.3, 0.4) is 0 Å². The molecule has 0 amide bonds. The number of nitrogens with one attached hydrogen (secondary N) is 2. The van der Waals surface area contributed by atoms with E-state index in [0.717, 1.165) is 131 Å². The van der Waals surface area contributed by atoms with Gasteiger partial charge in [0.2, 0.25) is 0 Å². The van der Waals surface area contributed by atoms with Gasteiger partial charge < -0.3 is 29.6 Å². The van der Waals surface area contributed by atoms with Crippen molar-refractivity contribution in [3.63, 3.8) is 0 Å². The van der Waals surface area contributed by atoms with E-state index < -0.39 is 0 Å². The van der Waals surface area contributed by atoms with Gasteiger partial charge in [-0.15, -0.1) is 0 Å². The second-order valence-electron chi connectivity index (χ2n) is 15.7. The highest BCUT2D eigenvalue weighted by molar-refractivity contribution is 6.16. The van der Waals surface area contributed by atoms with Crippen LogP contribution in [0.15, 0.2) is 97.8 Å². The standard InChI is InChI=1S/C45H46N12O/c1-52-13-17-56(18-14-52)41-23-29(31-21-35-37(27-48-44(35)46-25-31)39-9-11-50-54(39)3)5-7-33(41)43(58)34-8-6-30(24-42(34)57-19-15-53(2)16-20-57)32-22-36-38(28-49-45(36)47-26-32)40-10-12-51-55(40)4/h5-12,21-28H,13-20H2,1-4H3,(H,46,48)(H,47,49). The van der Waals surface area contributed by atoms with E-state index >= 15 is 4.79 Å². The summed E-state index contributed by atoms with van der Waals surface area (Å²) in [5.41, 5.74) is 13.1. The molecule has 0 aliphatic carbocycles. The number of likely N-dealkylation sites (N-methyl/N-ethyl adjacent to an activating group) is 2. The van der Waals surface area contributed by atoms with Gasteiger partial charge in [-0.3, -0.25) is 14.2 Å². The Kier molecular flexibility index (Phi) is 8.91. The van der Waals surface area contributed by atoms with Crippen LogP contribution in [-0.2, 0) is 14.1 Å². The molecule has 13 heteroatoms. The first kappa shape index (κ1) is 35.8. The van der Waals surface area contributed by atoms with Crippen molar-refractivity contribution in [3.8, 4) is 44.8 Å². The number of ketones is 1. The Morgan fingerprint density at radius 1 is 0.534 bits per heavy atom. The molecular formula is C45H46N12O. The Balaban J connectivity index is 1.06. The third-order valence-electron chi connectivity index (χ3n) is 12.1. The van der Waals surface area contributed by atoms with Gasteiger partial charge in [-0.2, -0.15) is 10.2 Å². The van der Waals surface area contributed by atoms with Gasteiger partial charge in [0, 0.05) is 159 Å². The van der Waals surface area contributed by atoms with Gasteiger partial charge in [0.05, 0.1) is 11.4 Å². The van der Waals surface area contributed by atoms with E-state index in [1.165, 1.54) is 0 Å². The number of H-pyrrole nitrogens is 2. The molecule has 0 atom stereocenters. The Morgan fingerprint density at radius 2 is 0.966 bits per heavy atom. The molecule has 2 saturated heterocycles. The zero-order chi connectivity index (χ0) is 39.5. The van der Waals surface area contributed by atoms with Crippen LogP contribution < -0.4 is 9.80 Å². The van der Waals surface area contributed by atoms with Crippen molar-refractivity contribution in [1.82, 2.24) is 49.3 Å². The molecule has 0 spiro atoms. The lowest BCUT2D eigenvalue weighted by molar-refractivity contribution is 0.103. The van der Waals surface area contributed by atoms with Gasteiger partial charge in [-0.05, 0) is 73.8 Å². The first-order valence-electron chi connectivity index (χ1n) is 19.9. The lowest BCUT2D eigenvalue weighted by atomic mass is 9.93. The summed E-state index contributed by atoms with van der Waals surface area (Å²) in [6.45, 7) is 7.02. The molecule has 58 heavy (non-hydrogen) atoms. The minimum atomic E-state index is 0.0244. The molecule has 8 aromatic rings. The maximum absolute atomic E-state index is 15.2. The normalized spacial score (nSPS) is 15.6. The number of benzene rings is 2. The first-order chi connectivity index (χ1) is 28.3. The molecule has 2 aliphatic heterocycles. The molecule has 0 saturated carbocycles. The minimum Gasteiger partial charge on any atom is -0.368 e. The number of aromatic amines is 2. The van der Waals surface area contributed by atoms with Crippen LogP contribution >= 0.6 is 0 Å². The van der Waals surface area contributed by atoms with Crippen LogP contribution in [0, 0.1) is 0 Å². The Hall–Kier alpha value is -6.57. The van der Waals surface area contributed by atoms with Crippen molar-refractivity contribution in [2.75, 3.05) is 76.3 Å². The molecule has 6 aromatic heterocycles. The average molecular weight is 771 g/mol. The van der Waals surface area contributed by atoms with Crippen molar-refractivity contribution in [2.45, 2.75) is 0 Å². The SMILES string of the molecule is CN1CCN(c2cc(-c3cnc4[nH]cc(-c5ccnn5C)c4c3)ccc2C(=O)c2ccc(-c3cnc4[nH]cc(-c5ccnn5C)c4c3)cc2N2CCN(C)CC2)CC1. The van der Waals surface area contributed by atoms with Gasteiger partial charge in [0.25, 0.3) is 0 Å². The lowest BCUT2D eigenvalue weighted by Crippen LogP contribution is -2.45. The van der Waals surface area contributed by atoms with Crippen LogP contribution in [-0.4, -0.2) is 122 Å². The van der Waals surface area contributed by atoms with Crippen molar-refractivity contribution in [1.29, 1.82) is 0 Å². The molecule has 2 N–H and O–H groups in total. The second-order valence-corrected chi connectivity index (χ2v) is 15.7. The largest absolute Gasteiger partial charge is 0.368 e. The fourth-order valence-corrected chi connectivity index (χ4v) is 8.59. The highest BCUT2D eigenvalue weighted by Gasteiger charge is 2.27.